The summed E-state index contributed by atoms with van der Waals surface area (Å²) in [6.45, 7) is 1.47. The molecule has 1 aromatic carbocycles. The molecular weight excluding hydrogens is 246 g/mol. The van der Waals surface area contributed by atoms with E-state index in [1.165, 1.54) is 0 Å². The van der Waals surface area contributed by atoms with Crippen molar-refractivity contribution in [3.8, 4) is 5.75 Å². The van der Waals surface area contributed by atoms with Crippen molar-refractivity contribution in [2.45, 2.75) is 18.9 Å². The fourth-order valence-corrected chi connectivity index (χ4v) is 2.28. The molecule has 1 saturated heterocycles. The maximum absolute atomic E-state index is 9.56. The van der Waals surface area contributed by atoms with E-state index in [9.17, 15) is 5.11 Å². The minimum absolute atomic E-state index is 0.0729. The van der Waals surface area contributed by atoms with Gasteiger partial charge in [0.2, 0.25) is 0 Å². The summed E-state index contributed by atoms with van der Waals surface area (Å²) >= 11 is 0. The van der Waals surface area contributed by atoms with Gasteiger partial charge in [-0.3, -0.25) is 0 Å². The number of hydrogen-bond acceptors (Lipinski definition) is 5. The SMILES string of the molecule is COc1ccc(/C(N)=N/O)c(N2CCC(O)CC2)c1. The molecule has 2 rings (SSSR count). The van der Waals surface area contributed by atoms with Crippen molar-refractivity contribution in [3.05, 3.63) is 23.8 Å². The average molecular weight is 265 g/mol. The van der Waals surface area contributed by atoms with Crippen molar-refractivity contribution in [1.82, 2.24) is 0 Å². The minimum atomic E-state index is -0.242. The summed E-state index contributed by atoms with van der Waals surface area (Å²) in [4.78, 5) is 2.11. The van der Waals surface area contributed by atoms with Gasteiger partial charge in [-0.2, -0.15) is 0 Å². The van der Waals surface area contributed by atoms with Crippen molar-refractivity contribution in [3.63, 3.8) is 0 Å². The number of aliphatic hydroxyl groups is 1. The van der Waals surface area contributed by atoms with Crippen LogP contribution in [-0.2, 0) is 0 Å². The molecule has 0 aliphatic carbocycles. The molecule has 4 N–H and O–H groups in total. The Bertz CT molecular complexity index is 468. The molecule has 1 heterocycles. The second-order valence-corrected chi connectivity index (χ2v) is 4.59. The molecule has 0 radical (unpaired) electrons. The molecule has 1 aromatic rings. The highest BCUT2D eigenvalue weighted by molar-refractivity contribution is 6.02. The van der Waals surface area contributed by atoms with E-state index in [1.807, 2.05) is 6.07 Å². The lowest BCUT2D eigenvalue weighted by Gasteiger charge is -2.32. The van der Waals surface area contributed by atoms with Gasteiger partial charge in [0.05, 0.1) is 18.9 Å². The number of nitrogens with two attached hydrogens (primary N) is 1. The van der Waals surface area contributed by atoms with Crippen LogP contribution in [-0.4, -0.2) is 42.5 Å². The molecule has 1 fully saturated rings. The van der Waals surface area contributed by atoms with Gasteiger partial charge in [0.25, 0.3) is 0 Å². The van der Waals surface area contributed by atoms with Gasteiger partial charge in [-0.05, 0) is 25.0 Å². The van der Waals surface area contributed by atoms with Crippen LogP contribution in [0.25, 0.3) is 0 Å². The number of hydrogen-bond donors (Lipinski definition) is 3. The number of piperidine rings is 1. The monoisotopic (exact) mass is 265 g/mol. The van der Waals surface area contributed by atoms with E-state index in [1.54, 1.807) is 19.2 Å². The molecule has 6 nitrogen and oxygen atoms in total. The van der Waals surface area contributed by atoms with Gasteiger partial charge in [-0.15, -0.1) is 0 Å². The van der Waals surface area contributed by atoms with E-state index >= 15 is 0 Å². The largest absolute Gasteiger partial charge is 0.497 e. The first-order valence-electron chi connectivity index (χ1n) is 6.24. The summed E-state index contributed by atoms with van der Waals surface area (Å²) in [7, 11) is 1.60. The lowest BCUT2D eigenvalue weighted by molar-refractivity contribution is 0.145. The van der Waals surface area contributed by atoms with Gasteiger partial charge >= 0.3 is 0 Å². The summed E-state index contributed by atoms with van der Waals surface area (Å²) in [5.41, 5.74) is 7.23. The predicted molar refractivity (Wildman–Crippen MR) is 73.0 cm³/mol. The van der Waals surface area contributed by atoms with Gasteiger partial charge in [0.15, 0.2) is 5.84 Å². The molecule has 6 heteroatoms. The third-order valence-corrected chi connectivity index (χ3v) is 3.39. The minimum Gasteiger partial charge on any atom is -0.497 e. The van der Waals surface area contributed by atoms with E-state index in [0.29, 0.717) is 18.4 Å². The number of nitrogens with zero attached hydrogens (tertiary/aromatic N) is 2. The Morgan fingerprint density at radius 1 is 1.42 bits per heavy atom. The van der Waals surface area contributed by atoms with Crippen LogP contribution in [0.1, 0.15) is 18.4 Å². The zero-order valence-corrected chi connectivity index (χ0v) is 10.9. The molecule has 0 bridgehead atoms. The van der Waals surface area contributed by atoms with Crippen LogP contribution < -0.4 is 15.4 Å². The van der Waals surface area contributed by atoms with Crippen LogP contribution in [0.15, 0.2) is 23.4 Å². The fraction of sp³-hybridized carbons (Fsp3) is 0.462. The lowest BCUT2D eigenvalue weighted by Crippen LogP contribution is -2.37. The summed E-state index contributed by atoms with van der Waals surface area (Å²) in [5, 5.41) is 21.5. The molecule has 1 aliphatic rings. The first-order valence-corrected chi connectivity index (χ1v) is 6.24. The van der Waals surface area contributed by atoms with Crippen molar-refractivity contribution >= 4 is 11.5 Å². The summed E-state index contributed by atoms with van der Waals surface area (Å²) in [5.74, 6) is 0.791. The van der Waals surface area contributed by atoms with Gasteiger partial charge < -0.3 is 25.7 Å². The highest BCUT2D eigenvalue weighted by Crippen LogP contribution is 2.28. The third-order valence-electron chi connectivity index (χ3n) is 3.39. The highest BCUT2D eigenvalue weighted by Gasteiger charge is 2.21. The number of benzene rings is 1. The summed E-state index contributed by atoms with van der Waals surface area (Å²) < 4.78 is 5.22. The van der Waals surface area contributed by atoms with Gasteiger partial charge in [-0.25, -0.2) is 0 Å². The standard InChI is InChI=1S/C13H19N3O3/c1-19-10-2-3-11(13(14)15-18)12(8-10)16-6-4-9(17)5-7-16/h2-3,8-9,17-18H,4-7H2,1H3,(H2,14,15). The van der Waals surface area contributed by atoms with Gasteiger partial charge in [0.1, 0.15) is 5.75 Å². The van der Waals surface area contributed by atoms with Crippen LogP contribution in [0, 0.1) is 0 Å². The Hall–Kier alpha value is -1.95. The molecule has 0 amide bonds. The third kappa shape index (κ3) is 2.90. The van der Waals surface area contributed by atoms with Crippen LogP contribution in [0.2, 0.25) is 0 Å². The smallest absolute Gasteiger partial charge is 0.172 e. The first kappa shape index (κ1) is 13.5. The van der Waals surface area contributed by atoms with E-state index < -0.39 is 0 Å². The predicted octanol–water partition coefficient (Wildman–Crippen LogP) is 0.751. The van der Waals surface area contributed by atoms with Gasteiger partial charge in [-0.1, -0.05) is 5.16 Å². The van der Waals surface area contributed by atoms with Gasteiger partial charge in [0, 0.05) is 24.7 Å². The summed E-state index contributed by atoms with van der Waals surface area (Å²) in [6.07, 6.45) is 1.19. The maximum Gasteiger partial charge on any atom is 0.172 e. The van der Waals surface area contributed by atoms with Crippen molar-refractivity contribution < 1.29 is 15.1 Å². The Kier molecular flexibility index (Phi) is 4.11. The molecule has 1 aliphatic heterocycles. The number of anilines is 1. The fourth-order valence-electron chi connectivity index (χ4n) is 2.28. The number of amidine groups is 1. The van der Waals surface area contributed by atoms with Crippen LogP contribution in [0.5, 0.6) is 5.75 Å². The molecule has 0 saturated carbocycles. The topological polar surface area (TPSA) is 91.3 Å². The Morgan fingerprint density at radius 3 is 2.68 bits per heavy atom. The zero-order chi connectivity index (χ0) is 13.8. The van der Waals surface area contributed by atoms with E-state index in [4.69, 9.17) is 15.7 Å². The quantitative estimate of drug-likeness (QED) is 0.325. The van der Waals surface area contributed by atoms with Crippen LogP contribution in [0.3, 0.4) is 0 Å². The average Bonchev–Trinajstić information content (AvgIpc) is 2.46. The Morgan fingerprint density at radius 2 is 2.11 bits per heavy atom. The molecule has 104 valence electrons. The van der Waals surface area contributed by atoms with Crippen LogP contribution >= 0.6 is 0 Å². The Balaban J connectivity index is 2.35. The zero-order valence-electron chi connectivity index (χ0n) is 10.9. The van der Waals surface area contributed by atoms with Crippen LogP contribution in [0.4, 0.5) is 5.69 Å². The van der Waals surface area contributed by atoms with Crippen molar-refractivity contribution in [1.29, 1.82) is 0 Å². The normalized spacial score (nSPS) is 17.6. The number of rotatable bonds is 3. The van der Waals surface area contributed by atoms with E-state index in [0.717, 1.165) is 24.5 Å². The molecule has 0 aromatic heterocycles. The first-order chi connectivity index (χ1) is 9.15. The number of ether oxygens (including phenoxy) is 1. The molecule has 0 spiro atoms. The second-order valence-electron chi connectivity index (χ2n) is 4.59. The lowest BCUT2D eigenvalue weighted by atomic mass is 10.0. The van der Waals surface area contributed by atoms with Crippen molar-refractivity contribution in [2.75, 3.05) is 25.1 Å². The number of oxime groups is 1. The maximum atomic E-state index is 9.56. The van der Waals surface area contributed by atoms with Crippen molar-refractivity contribution in [2.24, 2.45) is 10.9 Å². The second kappa shape index (κ2) is 5.79. The van der Waals surface area contributed by atoms with E-state index in [2.05, 4.69) is 10.1 Å². The molecule has 19 heavy (non-hydrogen) atoms. The number of aliphatic hydroxyl groups excluding tert-OH is 1. The van der Waals surface area contributed by atoms with E-state index in [-0.39, 0.29) is 11.9 Å². The number of methoxy groups -OCH3 is 1. The molecule has 0 atom stereocenters. The highest BCUT2D eigenvalue weighted by atomic mass is 16.5. The summed E-state index contributed by atoms with van der Waals surface area (Å²) in [6, 6.07) is 5.41. The Labute approximate surface area is 112 Å². The molecular formula is C13H19N3O3. The molecule has 0 unspecified atom stereocenters.